The van der Waals surface area contributed by atoms with Crippen LogP contribution in [-0.4, -0.2) is 40.6 Å². The van der Waals surface area contributed by atoms with Crippen molar-refractivity contribution in [3.63, 3.8) is 0 Å². The lowest BCUT2D eigenvalue weighted by Gasteiger charge is -2.32. The number of rotatable bonds is 2. The van der Waals surface area contributed by atoms with Gasteiger partial charge in [-0.3, -0.25) is 9.78 Å². The molecule has 1 saturated heterocycles. The van der Waals surface area contributed by atoms with Gasteiger partial charge in [-0.25, -0.2) is 0 Å². The first-order valence-electron chi connectivity index (χ1n) is 7.03. The quantitative estimate of drug-likeness (QED) is 0.909. The Balaban J connectivity index is 1.92. The summed E-state index contributed by atoms with van der Waals surface area (Å²) in [7, 11) is 0. The number of nitrogens with zero attached hydrogens (tertiary/aromatic N) is 2. The van der Waals surface area contributed by atoms with Crippen LogP contribution in [0.1, 0.15) is 23.2 Å². The Morgan fingerprint density at radius 2 is 2.20 bits per heavy atom. The first kappa shape index (κ1) is 13.1. The number of aliphatic hydroxyl groups excluding tert-OH is 1. The normalized spacial score (nSPS) is 19.2. The van der Waals surface area contributed by atoms with Crippen molar-refractivity contribution >= 4 is 16.8 Å². The largest absolute Gasteiger partial charge is 0.396 e. The molecule has 1 amide bonds. The first-order chi connectivity index (χ1) is 9.79. The van der Waals surface area contributed by atoms with E-state index in [4.69, 9.17) is 0 Å². The van der Waals surface area contributed by atoms with Crippen LogP contribution in [0.2, 0.25) is 0 Å². The van der Waals surface area contributed by atoms with Gasteiger partial charge in [0.15, 0.2) is 0 Å². The summed E-state index contributed by atoms with van der Waals surface area (Å²) >= 11 is 0. The zero-order chi connectivity index (χ0) is 13.9. The number of para-hydroxylation sites is 1. The van der Waals surface area contributed by atoms with E-state index in [0.717, 1.165) is 30.3 Å². The van der Waals surface area contributed by atoms with Crippen molar-refractivity contribution in [1.82, 2.24) is 9.88 Å². The molecule has 1 unspecified atom stereocenters. The van der Waals surface area contributed by atoms with Gasteiger partial charge < -0.3 is 10.0 Å². The monoisotopic (exact) mass is 270 g/mol. The highest BCUT2D eigenvalue weighted by Gasteiger charge is 2.24. The van der Waals surface area contributed by atoms with Crippen molar-refractivity contribution in [2.24, 2.45) is 5.92 Å². The number of hydrogen-bond acceptors (Lipinski definition) is 3. The fraction of sp³-hybridized carbons (Fsp3) is 0.375. The third-order valence-corrected chi connectivity index (χ3v) is 3.94. The van der Waals surface area contributed by atoms with E-state index in [1.54, 1.807) is 12.3 Å². The molecular formula is C16H18N2O2. The zero-order valence-electron chi connectivity index (χ0n) is 11.3. The Morgan fingerprint density at radius 1 is 1.35 bits per heavy atom. The van der Waals surface area contributed by atoms with E-state index in [-0.39, 0.29) is 18.4 Å². The van der Waals surface area contributed by atoms with Crippen LogP contribution in [0.15, 0.2) is 36.5 Å². The highest BCUT2D eigenvalue weighted by atomic mass is 16.3. The minimum Gasteiger partial charge on any atom is -0.396 e. The van der Waals surface area contributed by atoms with Crippen molar-refractivity contribution in [3.8, 4) is 0 Å². The number of benzene rings is 1. The molecule has 1 aliphatic heterocycles. The van der Waals surface area contributed by atoms with Gasteiger partial charge in [0.05, 0.1) is 11.1 Å². The molecule has 2 heterocycles. The van der Waals surface area contributed by atoms with Crippen molar-refractivity contribution in [1.29, 1.82) is 0 Å². The lowest BCUT2D eigenvalue weighted by atomic mass is 9.98. The van der Waals surface area contributed by atoms with Crippen LogP contribution in [0.25, 0.3) is 10.9 Å². The van der Waals surface area contributed by atoms with E-state index in [2.05, 4.69) is 4.98 Å². The molecule has 1 fully saturated rings. The molecule has 0 radical (unpaired) electrons. The summed E-state index contributed by atoms with van der Waals surface area (Å²) in [5.41, 5.74) is 1.54. The number of piperidine rings is 1. The van der Waals surface area contributed by atoms with Gasteiger partial charge >= 0.3 is 0 Å². The fourth-order valence-corrected chi connectivity index (χ4v) is 2.85. The third-order valence-electron chi connectivity index (χ3n) is 3.94. The molecule has 1 aromatic carbocycles. The number of carbonyl (C=O) groups excluding carboxylic acids is 1. The molecule has 2 aromatic rings. The second-order valence-corrected chi connectivity index (χ2v) is 5.32. The summed E-state index contributed by atoms with van der Waals surface area (Å²) in [6.45, 7) is 1.57. The SMILES string of the molecule is O=C(c1ccnc2ccccc12)N1CCCC(CO)C1. The van der Waals surface area contributed by atoms with E-state index in [9.17, 15) is 9.90 Å². The summed E-state index contributed by atoms with van der Waals surface area (Å²) < 4.78 is 0. The van der Waals surface area contributed by atoms with Crippen molar-refractivity contribution in [2.45, 2.75) is 12.8 Å². The van der Waals surface area contributed by atoms with Crippen molar-refractivity contribution < 1.29 is 9.90 Å². The number of amides is 1. The van der Waals surface area contributed by atoms with Gasteiger partial charge in [-0.1, -0.05) is 18.2 Å². The van der Waals surface area contributed by atoms with Crippen LogP contribution in [0.3, 0.4) is 0 Å². The maximum atomic E-state index is 12.7. The number of aliphatic hydroxyl groups is 1. The van der Waals surface area contributed by atoms with Gasteiger partial charge in [0.25, 0.3) is 5.91 Å². The smallest absolute Gasteiger partial charge is 0.254 e. The van der Waals surface area contributed by atoms with Gasteiger partial charge in [-0.15, -0.1) is 0 Å². The van der Waals surface area contributed by atoms with Gasteiger partial charge in [-0.2, -0.15) is 0 Å². The summed E-state index contributed by atoms with van der Waals surface area (Å²) in [4.78, 5) is 18.8. The molecule has 4 heteroatoms. The fourth-order valence-electron chi connectivity index (χ4n) is 2.85. The molecule has 1 aliphatic rings. The van der Waals surface area contributed by atoms with Crippen LogP contribution in [0, 0.1) is 5.92 Å². The molecule has 1 N–H and O–H groups in total. The molecule has 20 heavy (non-hydrogen) atoms. The minimum atomic E-state index is 0.0433. The van der Waals surface area contributed by atoms with Gasteiger partial charge in [0, 0.05) is 31.3 Å². The number of pyridine rings is 1. The Hall–Kier alpha value is -1.94. The van der Waals surface area contributed by atoms with Crippen LogP contribution in [0.4, 0.5) is 0 Å². The van der Waals surface area contributed by atoms with E-state index < -0.39 is 0 Å². The molecule has 4 nitrogen and oxygen atoms in total. The second kappa shape index (κ2) is 5.59. The summed E-state index contributed by atoms with van der Waals surface area (Å²) in [5, 5.41) is 10.2. The second-order valence-electron chi connectivity index (χ2n) is 5.32. The maximum Gasteiger partial charge on any atom is 0.254 e. The molecule has 0 saturated carbocycles. The van der Waals surface area contributed by atoms with E-state index >= 15 is 0 Å². The number of hydrogen-bond donors (Lipinski definition) is 1. The predicted octanol–water partition coefficient (Wildman–Crippen LogP) is 2.08. The van der Waals surface area contributed by atoms with E-state index in [0.29, 0.717) is 12.1 Å². The lowest BCUT2D eigenvalue weighted by Crippen LogP contribution is -2.41. The van der Waals surface area contributed by atoms with Crippen molar-refractivity contribution in [3.05, 3.63) is 42.1 Å². The third kappa shape index (κ3) is 2.39. The topological polar surface area (TPSA) is 53.4 Å². The Morgan fingerprint density at radius 3 is 3.05 bits per heavy atom. The van der Waals surface area contributed by atoms with E-state index in [1.165, 1.54) is 0 Å². The molecule has 104 valence electrons. The maximum absolute atomic E-state index is 12.7. The Bertz CT molecular complexity index is 621. The highest BCUT2D eigenvalue weighted by molar-refractivity contribution is 6.05. The Labute approximate surface area is 118 Å². The van der Waals surface area contributed by atoms with Gasteiger partial charge in [-0.05, 0) is 30.9 Å². The van der Waals surface area contributed by atoms with Crippen LogP contribution < -0.4 is 0 Å². The standard InChI is InChI=1S/C16H18N2O2/c19-11-12-4-3-9-18(10-12)16(20)14-7-8-17-15-6-2-1-5-13(14)15/h1-2,5-8,12,19H,3-4,9-11H2. The van der Waals surface area contributed by atoms with Gasteiger partial charge in [0.2, 0.25) is 0 Å². The summed E-state index contributed by atoms with van der Waals surface area (Å²) in [6.07, 6.45) is 3.64. The van der Waals surface area contributed by atoms with Crippen LogP contribution in [-0.2, 0) is 0 Å². The highest BCUT2D eigenvalue weighted by Crippen LogP contribution is 2.22. The first-order valence-corrected chi connectivity index (χ1v) is 7.03. The average molecular weight is 270 g/mol. The minimum absolute atomic E-state index is 0.0433. The zero-order valence-corrected chi connectivity index (χ0v) is 11.3. The summed E-state index contributed by atoms with van der Waals surface area (Å²) in [6, 6.07) is 9.48. The number of aromatic nitrogens is 1. The molecule has 0 spiro atoms. The molecule has 0 bridgehead atoms. The van der Waals surface area contributed by atoms with Crippen molar-refractivity contribution in [2.75, 3.05) is 19.7 Å². The molecule has 0 aliphatic carbocycles. The Kier molecular flexibility index (Phi) is 3.65. The molecular weight excluding hydrogens is 252 g/mol. The lowest BCUT2D eigenvalue weighted by molar-refractivity contribution is 0.0622. The number of carbonyl (C=O) groups is 1. The molecule has 1 aromatic heterocycles. The average Bonchev–Trinajstić information content (AvgIpc) is 2.53. The molecule has 1 atom stereocenters. The molecule has 3 rings (SSSR count). The number of likely N-dealkylation sites (tertiary alicyclic amines) is 1. The van der Waals surface area contributed by atoms with Crippen LogP contribution in [0.5, 0.6) is 0 Å². The summed E-state index contributed by atoms with van der Waals surface area (Å²) in [5.74, 6) is 0.252. The van der Waals surface area contributed by atoms with E-state index in [1.807, 2.05) is 29.2 Å². The van der Waals surface area contributed by atoms with Gasteiger partial charge in [0.1, 0.15) is 0 Å². The predicted molar refractivity (Wildman–Crippen MR) is 77.5 cm³/mol. The number of fused-ring (bicyclic) bond motifs is 1. The van der Waals surface area contributed by atoms with Crippen LogP contribution >= 0.6 is 0 Å².